The van der Waals surface area contributed by atoms with Gasteiger partial charge in [-0.15, -0.1) is 0 Å². The third-order valence-corrected chi connectivity index (χ3v) is 3.57. The number of hydrogen-bond acceptors (Lipinski definition) is 4. The number of piperazine rings is 1. The number of aliphatic hydroxyl groups is 1. The van der Waals surface area contributed by atoms with Gasteiger partial charge in [-0.05, 0) is 24.6 Å². The van der Waals surface area contributed by atoms with Crippen molar-refractivity contribution in [1.29, 1.82) is 5.26 Å². The topological polar surface area (TPSA) is 50.5 Å². The van der Waals surface area contributed by atoms with Gasteiger partial charge in [0.25, 0.3) is 0 Å². The Labute approximate surface area is 119 Å². The van der Waals surface area contributed by atoms with Crippen molar-refractivity contribution < 1.29 is 9.50 Å². The van der Waals surface area contributed by atoms with Crippen molar-refractivity contribution in [3.8, 4) is 6.07 Å². The van der Waals surface area contributed by atoms with Crippen LogP contribution < -0.4 is 0 Å². The number of benzene rings is 1. The number of nitriles is 1. The van der Waals surface area contributed by atoms with Crippen molar-refractivity contribution in [2.45, 2.75) is 19.6 Å². The number of β-amino-alcohol motifs (C(OH)–C–C–N with tert-alkyl or cyclic N) is 1. The lowest BCUT2D eigenvalue weighted by molar-refractivity contribution is 0.0780. The van der Waals surface area contributed by atoms with Crippen molar-refractivity contribution in [1.82, 2.24) is 9.80 Å². The molecule has 1 N–H and O–H groups in total. The first-order valence-corrected chi connectivity index (χ1v) is 6.90. The Morgan fingerprint density at radius 2 is 1.95 bits per heavy atom. The summed E-state index contributed by atoms with van der Waals surface area (Å²) in [6.45, 7) is 6.79. The first kappa shape index (κ1) is 14.9. The fraction of sp³-hybridized carbons (Fsp3) is 0.533. The molecule has 5 heteroatoms. The van der Waals surface area contributed by atoms with Gasteiger partial charge in [0.15, 0.2) is 0 Å². The Bertz CT molecular complexity index is 490. The fourth-order valence-electron chi connectivity index (χ4n) is 2.54. The van der Waals surface area contributed by atoms with Gasteiger partial charge in [-0.25, -0.2) is 4.39 Å². The summed E-state index contributed by atoms with van der Waals surface area (Å²) in [6.07, 6.45) is -0.302. The van der Waals surface area contributed by atoms with E-state index in [9.17, 15) is 9.50 Å². The highest BCUT2D eigenvalue weighted by Gasteiger charge is 2.18. The molecule has 108 valence electrons. The summed E-state index contributed by atoms with van der Waals surface area (Å²) in [6, 6.07) is 6.43. The van der Waals surface area contributed by atoms with Gasteiger partial charge in [0, 0.05) is 39.3 Å². The molecule has 0 radical (unpaired) electrons. The van der Waals surface area contributed by atoms with E-state index in [0.29, 0.717) is 18.7 Å². The van der Waals surface area contributed by atoms with E-state index in [2.05, 4.69) is 15.9 Å². The first-order valence-electron chi connectivity index (χ1n) is 6.90. The lowest BCUT2D eigenvalue weighted by Gasteiger charge is -2.35. The third-order valence-electron chi connectivity index (χ3n) is 3.57. The van der Waals surface area contributed by atoms with E-state index in [1.54, 1.807) is 13.0 Å². The zero-order valence-corrected chi connectivity index (χ0v) is 11.7. The van der Waals surface area contributed by atoms with E-state index >= 15 is 0 Å². The number of rotatable bonds is 4. The SMILES string of the molecule is C[C@H](O)CN1CCN(Cc2ccc(F)cc2C#N)CC1. The molecule has 1 aromatic rings. The molecule has 20 heavy (non-hydrogen) atoms. The minimum atomic E-state index is -0.368. The van der Waals surface area contributed by atoms with E-state index in [0.717, 1.165) is 31.7 Å². The third kappa shape index (κ3) is 4.01. The van der Waals surface area contributed by atoms with E-state index in [1.807, 2.05) is 0 Å². The summed E-state index contributed by atoms with van der Waals surface area (Å²) in [5.41, 5.74) is 1.29. The predicted molar refractivity (Wildman–Crippen MR) is 74.5 cm³/mol. The van der Waals surface area contributed by atoms with Crippen LogP contribution in [0.15, 0.2) is 18.2 Å². The molecule has 0 aliphatic carbocycles. The zero-order valence-electron chi connectivity index (χ0n) is 11.7. The molecular formula is C15H20FN3O. The Hall–Kier alpha value is -1.48. The molecule has 0 saturated carbocycles. The lowest BCUT2D eigenvalue weighted by atomic mass is 10.1. The molecule has 0 unspecified atom stereocenters. The van der Waals surface area contributed by atoms with Gasteiger partial charge < -0.3 is 5.11 Å². The molecule has 1 atom stereocenters. The molecule has 1 aliphatic rings. The monoisotopic (exact) mass is 277 g/mol. The molecule has 0 aromatic heterocycles. The maximum Gasteiger partial charge on any atom is 0.124 e. The summed E-state index contributed by atoms with van der Waals surface area (Å²) >= 11 is 0. The van der Waals surface area contributed by atoms with Gasteiger partial charge in [-0.3, -0.25) is 9.80 Å². The highest BCUT2D eigenvalue weighted by Crippen LogP contribution is 2.14. The molecular weight excluding hydrogens is 257 g/mol. The number of aliphatic hydroxyl groups excluding tert-OH is 1. The van der Waals surface area contributed by atoms with Crippen LogP contribution in [0.2, 0.25) is 0 Å². The Balaban J connectivity index is 1.91. The quantitative estimate of drug-likeness (QED) is 0.898. The van der Waals surface area contributed by atoms with Crippen molar-refractivity contribution in [2.24, 2.45) is 0 Å². The van der Waals surface area contributed by atoms with Crippen LogP contribution >= 0.6 is 0 Å². The fourth-order valence-corrected chi connectivity index (χ4v) is 2.54. The number of hydrogen-bond donors (Lipinski definition) is 1. The first-order chi connectivity index (χ1) is 9.58. The van der Waals surface area contributed by atoms with Gasteiger partial charge in [0.05, 0.1) is 17.7 Å². The van der Waals surface area contributed by atoms with E-state index < -0.39 is 0 Å². The molecule has 0 amide bonds. The van der Waals surface area contributed by atoms with Crippen molar-refractivity contribution in [3.63, 3.8) is 0 Å². The smallest absolute Gasteiger partial charge is 0.124 e. The van der Waals surface area contributed by atoms with Crippen LogP contribution in [-0.4, -0.2) is 53.7 Å². The summed E-state index contributed by atoms with van der Waals surface area (Å²) in [5.74, 6) is -0.368. The largest absolute Gasteiger partial charge is 0.392 e. The van der Waals surface area contributed by atoms with Gasteiger partial charge in [-0.2, -0.15) is 5.26 Å². The Kier molecular flexibility index (Phi) is 5.07. The van der Waals surface area contributed by atoms with Crippen LogP contribution in [0.1, 0.15) is 18.1 Å². The lowest BCUT2D eigenvalue weighted by Crippen LogP contribution is -2.47. The molecule has 1 aliphatic heterocycles. The van der Waals surface area contributed by atoms with E-state index in [4.69, 9.17) is 5.26 Å². The van der Waals surface area contributed by atoms with E-state index in [1.165, 1.54) is 12.1 Å². The molecule has 1 aromatic carbocycles. The summed E-state index contributed by atoms with van der Waals surface area (Å²) in [4.78, 5) is 4.49. The maximum atomic E-state index is 13.1. The van der Waals surface area contributed by atoms with Crippen LogP contribution in [0.4, 0.5) is 4.39 Å². The second-order valence-electron chi connectivity index (χ2n) is 5.34. The standard InChI is InChI=1S/C15H20FN3O/c1-12(20)10-18-4-6-19(7-5-18)11-13-2-3-15(16)8-14(13)9-17/h2-3,8,12,20H,4-7,10-11H2,1H3/t12-/m0/s1. The average Bonchev–Trinajstić information content (AvgIpc) is 2.42. The Morgan fingerprint density at radius 3 is 2.55 bits per heavy atom. The van der Waals surface area contributed by atoms with Crippen LogP contribution in [0.25, 0.3) is 0 Å². The maximum absolute atomic E-state index is 13.1. The highest BCUT2D eigenvalue weighted by molar-refractivity contribution is 5.37. The van der Waals surface area contributed by atoms with Crippen molar-refractivity contribution in [3.05, 3.63) is 35.1 Å². The summed E-state index contributed by atoms with van der Waals surface area (Å²) in [7, 11) is 0. The number of halogens is 1. The molecule has 4 nitrogen and oxygen atoms in total. The van der Waals surface area contributed by atoms with Crippen LogP contribution in [0.5, 0.6) is 0 Å². The Morgan fingerprint density at radius 1 is 1.30 bits per heavy atom. The molecule has 2 rings (SSSR count). The molecule has 0 bridgehead atoms. The molecule has 1 heterocycles. The zero-order chi connectivity index (χ0) is 14.5. The normalized spacial score (nSPS) is 18.7. The minimum absolute atomic E-state index is 0.302. The van der Waals surface area contributed by atoms with Crippen molar-refractivity contribution in [2.75, 3.05) is 32.7 Å². The second kappa shape index (κ2) is 6.80. The van der Waals surface area contributed by atoms with Crippen molar-refractivity contribution >= 4 is 0 Å². The predicted octanol–water partition coefficient (Wildman–Crippen LogP) is 1.20. The van der Waals surface area contributed by atoms with Gasteiger partial charge in [-0.1, -0.05) is 6.07 Å². The highest BCUT2D eigenvalue weighted by atomic mass is 19.1. The molecule has 0 spiro atoms. The minimum Gasteiger partial charge on any atom is -0.392 e. The summed E-state index contributed by atoms with van der Waals surface area (Å²) in [5, 5.41) is 18.4. The van der Waals surface area contributed by atoms with Crippen LogP contribution in [0, 0.1) is 17.1 Å². The molecule has 1 saturated heterocycles. The molecule has 1 fully saturated rings. The van der Waals surface area contributed by atoms with Crippen LogP contribution in [0.3, 0.4) is 0 Å². The van der Waals surface area contributed by atoms with E-state index in [-0.39, 0.29) is 11.9 Å². The van der Waals surface area contributed by atoms with Crippen LogP contribution in [-0.2, 0) is 6.54 Å². The average molecular weight is 277 g/mol. The summed E-state index contributed by atoms with van der Waals surface area (Å²) < 4.78 is 13.1. The second-order valence-corrected chi connectivity index (χ2v) is 5.34. The number of nitrogens with zero attached hydrogens (tertiary/aromatic N) is 3. The van der Waals surface area contributed by atoms with Gasteiger partial charge in [0.1, 0.15) is 5.82 Å². The van der Waals surface area contributed by atoms with Gasteiger partial charge >= 0.3 is 0 Å². The van der Waals surface area contributed by atoms with Gasteiger partial charge in [0.2, 0.25) is 0 Å².